The molecule has 0 fully saturated rings. The summed E-state index contributed by atoms with van der Waals surface area (Å²) in [6.07, 6.45) is 0.963. The minimum Gasteiger partial charge on any atom is -0.478 e. The van der Waals surface area contributed by atoms with Crippen molar-refractivity contribution in [3.8, 4) is 0 Å². The zero-order chi connectivity index (χ0) is 47.4. The highest BCUT2D eigenvalue weighted by Crippen LogP contribution is 2.34. The van der Waals surface area contributed by atoms with Crippen molar-refractivity contribution < 1.29 is 69.0 Å². The molecule has 2 aromatic carbocycles. The lowest BCUT2D eigenvalue weighted by atomic mass is 9.99. The van der Waals surface area contributed by atoms with Gasteiger partial charge in [-0.25, -0.2) is 9.59 Å². The predicted octanol–water partition coefficient (Wildman–Crippen LogP) is 2.95. The number of ketones is 2. The molecule has 0 spiro atoms. The van der Waals surface area contributed by atoms with Gasteiger partial charge < -0.3 is 51.9 Å². The van der Waals surface area contributed by atoms with E-state index in [0.717, 1.165) is 12.2 Å². The van der Waals surface area contributed by atoms with Crippen LogP contribution in [0.15, 0.2) is 25.3 Å². The first-order valence-electron chi connectivity index (χ1n) is 17.9. The molecule has 24 heteroatoms. The second-order valence-electron chi connectivity index (χ2n) is 12.7. The van der Waals surface area contributed by atoms with Crippen LogP contribution >= 0.6 is 136 Å². The zero-order valence-corrected chi connectivity index (χ0v) is 45.4. The van der Waals surface area contributed by atoms with E-state index in [4.69, 9.17) is 10.2 Å². The second kappa shape index (κ2) is 29.8. The Kier molecular flexibility index (Phi) is 28.0. The number of hydrogen-bond donors (Lipinski definition) is 10. The largest absolute Gasteiger partial charge is 0.478 e. The number of carboxylic acids is 2. The molecule has 4 amide bonds. The summed E-state index contributed by atoms with van der Waals surface area (Å²) in [7, 11) is 0. The third-order valence-corrected chi connectivity index (χ3v) is 15.0. The highest BCUT2D eigenvalue weighted by molar-refractivity contribution is 14.1. The molecule has 0 saturated carbocycles. The SMILES string of the molecule is C=CC(=O)NCCCC(=O)Cc1c(I)c(C(=O)NCC(O)CO)c(I)c(C(=O)NCC(O)CO)c1I.C=CC(=O)NCCCC(=O)Cc1c(I)c(C(=O)O)c(I)c(C(=O)O)c1I. The molecule has 62 heavy (non-hydrogen) atoms. The third-order valence-electron chi connectivity index (χ3n) is 8.10. The molecule has 0 aliphatic heterocycles. The van der Waals surface area contributed by atoms with Crippen LogP contribution in [0.25, 0.3) is 0 Å². The van der Waals surface area contributed by atoms with E-state index in [1.165, 1.54) is 0 Å². The summed E-state index contributed by atoms with van der Waals surface area (Å²) in [5.41, 5.74) is 0.931. The van der Waals surface area contributed by atoms with Gasteiger partial charge in [0.15, 0.2) is 0 Å². The molecule has 2 unspecified atom stereocenters. The Morgan fingerprint density at radius 1 is 0.516 bits per heavy atom. The molecule has 2 aromatic rings. The molecule has 0 saturated heterocycles. The second-order valence-corrected chi connectivity index (χ2v) is 19.1. The average molecular weight is 1540 g/mol. The van der Waals surface area contributed by atoms with Crippen molar-refractivity contribution in [2.45, 2.75) is 50.7 Å². The van der Waals surface area contributed by atoms with Gasteiger partial charge in [-0.05, 0) is 172 Å². The molecule has 0 radical (unpaired) electrons. The van der Waals surface area contributed by atoms with Crippen LogP contribution < -0.4 is 21.3 Å². The molecule has 0 aliphatic carbocycles. The molecule has 0 aliphatic rings. The van der Waals surface area contributed by atoms with Crippen LogP contribution in [-0.4, -0.2) is 129 Å². The van der Waals surface area contributed by atoms with Crippen LogP contribution in [0.5, 0.6) is 0 Å². The number of amides is 4. The van der Waals surface area contributed by atoms with E-state index in [9.17, 15) is 58.8 Å². The van der Waals surface area contributed by atoms with Gasteiger partial charge in [0, 0.05) is 73.3 Å². The molecule has 340 valence electrons. The maximum Gasteiger partial charge on any atom is 0.337 e. The van der Waals surface area contributed by atoms with E-state index in [2.05, 4.69) is 34.4 Å². The number of carbonyl (C=O) groups is 8. The Hall–Kier alpha value is -1.70. The fourth-order valence-corrected chi connectivity index (χ4v) is 14.0. The van der Waals surface area contributed by atoms with E-state index in [0.29, 0.717) is 54.9 Å². The monoisotopic (exact) mass is 1540 g/mol. The number of aliphatic hydroxyl groups excluding tert-OH is 4. The summed E-state index contributed by atoms with van der Waals surface area (Å²) in [5.74, 6) is -4.66. The Labute approximate surface area is 437 Å². The fraction of sp³-hybridized carbons (Fsp3) is 0.368. The summed E-state index contributed by atoms with van der Waals surface area (Å²) in [6, 6.07) is 0. The lowest BCUT2D eigenvalue weighted by molar-refractivity contribution is -0.119. The number of rotatable bonds is 24. The van der Waals surface area contributed by atoms with Crippen molar-refractivity contribution in [1.29, 1.82) is 0 Å². The highest BCUT2D eigenvalue weighted by Gasteiger charge is 2.30. The van der Waals surface area contributed by atoms with Gasteiger partial charge in [-0.1, -0.05) is 13.2 Å². The minimum absolute atomic E-state index is 0.0660. The number of carboxylic acid groups (broad SMARTS) is 2. The van der Waals surface area contributed by atoms with E-state index in [1.54, 1.807) is 22.6 Å². The molecule has 0 aromatic heterocycles. The Bertz CT molecular complexity index is 1970. The van der Waals surface area contributed by atoms with Gasteiger partial charge in [0.05, 0.1) is 47.7 Å². The van der Waals surface area contributed by atoms with Crippen molar-refractivity contribution in [1.82, 2.24) is 21.3 Å². The number of hydrogen-bond acceptors (Lipinski definition) is 12. The quantitative estimate of drug-likeness (QED) is 0.0411. The number of Topliss-reactive ketones (excluding diaryl/α,β-unsaturated/α-hetero) is 2. The normalized spacial score (nSPS) is 11.5. The molecule has 2 atom stereocenters. The van der Waals surface area contributed by atoms with Crippen LogP contribution in [0, 0.1) is 21.4 Å². The highest BCUT2D eigenvalue weighted by atomic mass is 127. The van der Waals surface area contributed by atoms with Crippen LogP contribution in [0.2, 0.25) is 0 Å². The summed E-state index contributed by atoms with van der Waals surface area (Å²) >= 11 is 11.1. The van der Waals surface area contributed by atoms with Gasteiger partial charge in [-0.15, -0.1) is 0 Å². The van der Waals surface area contributed by atoms with Gasteiger partial charge >= 0.3 is 11.9 Å². The zero-order valence-electron chi connectivity index (χ0n) is 32.4. The molecule has 0 bridgehead atoms. The van der Waals surface area contributed by atoms with E-state index in [1.807, 2.05) is 113 Å². The topological polar surface area (TPSA) is 306 Å². The number of benzene rings is 2. The molecular weight excluding hydrogens is 1500 g/mol. The summed E-state index contributed by atoms with van der Waals surface area (Å²) in [5, 5.41) is 66.2. The van der Waals surface area contributed by atoms with Crippen LogP contribution in [0.3, 0.4) is 0 Å². The van der Waals surface area contributed by atoms with Crippen molar-refractivity contribution >= 4 is 183 Å². The first-order valence-corrected chi connectivity index (χ1v) is 24.4. The summed E-state index contributed by atoms with van der Waals surface area (Å²) in [4.78, 5) is 96.3. The van der Waals surface area contributed by atoms with Crippen LogP contribution in [0.4, 0.5) is 0 Å². The number of carbonyl (C=O) groups excluding carboxylic acids is 6. The molecule has 0 heterocycles. The van der Waals surface area contributed by atoms with Crippen LogP contribution in [0.1, 0.15) is 78.2 Å². The maximum atomic E-state index is 13.0. The third kappa shape index (κ3) is 18.3. The van der Waals surface area contributed by atoms with Crippen molar-refractivity contribution in [2.24, 2.45) is 0 Å². The lowest BCUT2D eigenvalue weighted by Gasteiger charge is -2.20. The molecule has 10 N–H and O–H groups in total. The van der Waals surface area contributed by atoms with Gasteiger partial charge in [-0.3, -0.25) is 28.8 Å². The van der Waals surface area contributed by atoms with Crippen molar-refractivity contribution in [3.63, 3.8) is 0 Å². The maximum absolute atomic E-state index is 13.0. The van der Waals surface area contributed by atoms with Crippen LogP contribution in [-0.2, 0) is 32.0 Å². The molecule has 18 nitrogen and oxygen atoms in total. The van der Waals surface area contributed by atoms with Gasteiger partial charge in [-0.2, -0.15) is 0 Å². The van der Waals surface area contributed by atoms with Crippen molar-refractivity contribution in [3.05, 3.63) is 80.1 Å². The first kappa shape index (κ1) is 58.3. The minimum atomic E-state index is -1.24. The summed E-state index contributed by atoms with van der Waals surface area (Å²) < 4.78 is 2.08. The van der Waals surface area contributed by atoms with Gasteiger partial charge in [0.2, 0.25) is 11.8 Å². The number of halogens is 6. The van der Waals surface area contributed by atoms with Crippen molar-refractivity contribution in [2.75, 3.05) is 39.4 Å². The number of aromatic carboxylic acids is 2. The van der Waals surface area contributed by atoms with E-state index >= 15 is 0 Å². The Morgan fingerprint density at radius 3 is 1.11 bits per heavy atom. The molecular formula is C38H42I6N4O14. The smallest absolute Gasteiger partial charge is 0.337 e. The number of aliphatic hydroxyl groups is 4. The summed E-state index contributed by atoms with van der Waals surface area (Å²) in [6.45, 7) is 5.76. The number of nitrogens with one attached hydrogen (secondary N) is 4. The Morgan fingerprint density at radius 2 is 0.823 bits per heavy atom. The van der Waals surface area contributed by atoms with E-state index < -0.39 is 49.2 Å². The van der Waals surface area contributed by atoms with E-state index in [-0.39, 0.29) is 88.0 Å². The Balaban J connectivity index is 0.000000653. The lowest BCUT2D eigenvalue weighted by Crippen LogP contribution is -2.37. The molecule has 2 rings (SSSR count). The fourth-order valence-electron chi connectivity index (χ4n) is 4.95. The predicted molar refractivity (Wildman–Crippen MR) is 276 cm³/mol. The standard InChI is InChI=1S/C22H28I3N3O8.C16H14I3NO6/c1-2-15(34)26-5-3-4-11(31)6-14-18(23)16(21(35)27-7-12(32)9-29)20(25)17(19(14)24)22(36)28-8-13(33)10-30;1-2-9(22)20-5-3-4-7(21)6-8-12(17)10(15(23)24)14(19)11(13(8)18)16(25)26/h2,12-13,29-30,32-33H,1,3-10H2,(H,26,34)(H,27,35)(H,28,36);2H,1,3-6H2,(H,20,22)(H,23,24)(H,25,26). The first-order chi connectivity index (χ1) is 29.1. The van der Waals surface area contributed by atoms with Gasteiger partial charge in [0.1, 0.15) is 11.6 Å². The average Bonchev–Trinajstić information content (AvgIpc) is 3.21. The van der Waals surface area contributed by atoms with Gasteiger partial charge in [0.25, 0.3) is 11.8 Å².